The smallest absolute Gasteiger partial charge is 0.0736 e. The van der Waals surface area contributed by atoms with E-state index in [4.69, 9.17) is 0 Å². The van der Waals surface area contributed by atoms with Crippen molar-refractivity contribution in [3.05, 3.63) is 149 Å². The van der Waals surface area contributed by atoms with Crippen LogP contribution in [0.4, 0.5) is 5.69 Å². The first-order valence-electron chi connectivity index (χ1n) is 18.2. The SMILES string of the molecule is CCCCN1c2cccc3cccc(c23)C1C=CC1=C(c2ccccc2)C(=CC=c2c3cccc4cccc(c43)n2CCCC)CCC1. The minimum atomic E-state index is 0.253. The van der Waals surface area contributed by atoms with Gasteiger partial charge in [-0.1, -0.05) is 136 Å². The second kappa shape index (κ2) is 13.4. The molecular formula is C46H46N2. The molecule has 0 radical (unpaired) electrons. The molecule has 240 valence electrons. The van der Waals surface area contributed by atoms with Gasteiger partial charge in [-0.05, 0) is 88.9 Å². The Morgan fingerprint density at radius 3 is 2.23 bits per heavy atom. The van der Waals surface area contributed by atoms with Gasteiger partial charge < -0.3 is 9.47 Å². The van der Waals surface area contributed by atoms with Crippen LogP contribution in [0.3, 0.4) is 0 Å². The van der Waals surface area contributed by atoms with Gasteiger partial charge in [-0.3, -0.25) is 0 Å². The Hall–Kier alpha value is -4.82. The fourth-order valence-corrected chi connectivity index (χ4v) is 8.34. The predicted octanol–water partition coefficient (Wildman–Crippen LogP) is 11.7. The molecule has 2 nitrogen and oxygen atoms in total. The molecule has 5 aromatic carbocycles. The minimum Gasteiger partial charge on any atom is -0.360 e. The molecule has 0 saturated heterocycles. The van der Waals surface area contributed by atoms with Gasteiger partial charge in [-0.2, -0.15) is 0 Å². The molecule has 1 aliphatic carbocycles. The van der Waals surface area contributed by atoms with Crippen molar-refractivity contribution in [2.75, 3.05) is 11.4 Å². The number of anilines is 1. The van der Waals surface area contributed by atoms with E-state index in [1.807, 2.05) is 0 Å². The van der Waals surface area contributed by atoms with Crippen LogP contribution in [0.1, 0.15) is 76.0 Å². The summed E-state index contributed by atoms with van der Waals surface area (Å²) in [6.07, 6.45) is 18.0. The standard InChI is InChI=1S/C46H46N2/c1-3-5-31-47-40(38-23-11-19-34-21-13-25-42(47)45(34)38)29-27-36-17-10-18-37(44(36)33-15-8-7-9-16-33)28-30-41-39-24-12-20-35-22-14-26-43(46(35)39)48(41)32-6-4-2/h7-9,11-16,19-30,40H,3-6,10,17-18,31-32H2,1-2H3. The van der Waals surface area contributed by atoms with Gasteiger partial charge in [0.2, 0.25) is 0 Å². The summed E-state index contributed by atoms with van der Waals surface area (Å²) < 4.78 is 2.57. The highest BCUT2D eigenvalue weighted by Crippen LogP contribution is 2.46. The third kappa shape index (κ3) is 5.38. The van der Waals surface area contributed by atoms with Gasteiger partial charge >= 0.3 is 0 Å². The van der Waals surface area contributed by atoms with E-state index in [1.54, 1.807) is 0 Å². The predicted molar refractivity (Wildman–Crippen MR) is 207 cm³/mol. The van der Waals surface area contributed by atoms with Gasteiger partial charge in [-0.25, -0.2) is 0 Å². The Bertz CT molecular complexity index is 2230. The number of hydrogen-bond acceptors (Lipinski definition) is 1. The van der Waals surface area contributed by atoms with Crippen LogP contribution in [0.15, 0.2) is 133 Å². The second-order valence-corrected chi connectivity index (χ2v) is 13.6. The lowest BCUT2D eigenvalue weighted by Crippen LogP contribution is -2.24. The Morgan fingerprint density at radius 2 is 1.42 bits per heavy atom. The van der Waals surface area contributed by atoms with Crippen LogP contribution in [-0.2, 0) is 6.54 Å². The lowest BCUT2D eigenvalue weighted by atomic mass is 9.82. The number of hydrogen-bond donors (Lipinski definition) is 0. The van der Waals surface area contributed by atoms with Crippen LogP contribution in [-0.4, -0.2) is 11.1 Å². The van der Waals surface area contributed by atoms with Crippen LogP contribution >= 0.6 is 0 Å². The molecule has 1 aliphatic heterocycles. The summed E-state index contributed by atoms with van der Waals surface area (Å²) in [5, 5.41) is 8.20. The van der Waals surface area contributed by atoms with Crippen molar-refractivity contribution in [2.24, 2.45) is 0 Å². The van der Waals surface area contributed by atoms with Crippen molar-refractivity contribution in [3.8, 4) is 0 Å². The Morgan fingerprint density at radius 1 is 0.688 bits per heavy atom. The third-order valence-corrected chi connectivity index (χ3v) is 10.6. The molecule has 2 heterocycles. The molecule has 0 bridgehead atoms. The van der Waals surface area contributed by atoms with Crippen molar-refractivity contribution in [1.29, 1.82) is 0 Å². The van der Waals surface area contributed by atoms with Crippen molar-refractivity contribution < 1.29 is 0 Å². The van der Waals surface area contributed by atoms with Crippen molar-refractivity contribution in [2.45, 2.75) is 71.4 Å². The summed E-state index contributed by atoms with van der Waals surface area (Å²) in [6.45, 7) is 6.70. The Balaban J connectivity index is 1.26. The van der Waals surface area contributed by atoms with Crippen LogP contribution in [0.25, 0.3) is 44.1 Å². The highest BCUT2D eigenvalue weighted by atomic mass is 15.2. The van der Waals surface area contributed by atoms with Gasteiger partial charge in [0.1, 0.15) is 0 Å². The van der Waals surface area contributed by atoms with Gasteiger partial charge in [-0.15, -0.1) is 0 Å². The molecule has 1 aromatic heterocycles. The molecule has 2 heteroatoms. The van der Waals surface area contributed by atoms with Gasteiger partial charge in [0.25, 0.3) is 0 Å². The van der Waals surface area contributed by atoms with E-state index >= 15 is 0 Å². The van der Waals surface area contributed by atoms with Crippen molar-refractivity contribution in [3.63, 3.8) is 0 Å². The first kappa shape index (κ1) is 30.5. The first-order chi connectivity index (χ1) is 23.8. The normalized spacial score (nSPS) is 17.8. The average Bonchev–Trinajstić information content (AvgIpc) is 3.61. The van der Waals surface area contributed by atoms with Crippen LogP contribution < -0.4 is 10.2 Å². The summed E-state index contributed by atoms with van der Waals surface area (Å²) in [5.41, 5.74) is 9.81. The monoisotopic (exact) mass is 626 g/mol. The topological polar surface area (TPSA) is 8.17 Å². The van der Waals surface area contributed by atoms with E-state index in [1.165, 1.54) is 103 Å². The number of allylic oxidation sites excluding steroid dienone is 5. The maximum atomic E-state index is 2.65. The highest BCUT2D eigenvalue weighted by Gasteiger charge is 2.29. The van der Waals surface area contributed by atoms with E-state index in [0.29, 0.717) is 0 Å². The zero-order valence-corrected chi connectivity index (χ0v) is 28.5. The molecule has 0 fully saturated rings. The van der Waals surface area contributed by atoms with Crippen LogP contribution in [0, 0.1) is 0 Å². The molecule has 48 heavy (non-hydrogen) atoms. The van der Waals surface area contributed by atoms with E-state index in [9.17, 15) is 0 Å². The summed E-state index contributed by atoms with van der Waals surface area (Å²) >= 11 is 0. The fourth-order valence-electron chi connectivity index (χ4n) is 8.34. The van der Waals surface area contributed by atoms with Gasteiger partial charge in [0.15, 0.2) is 0 Å². The fraction of sp³-hybridized carbons (Fsp3) is 0.261. The largest absolute Gasteiger partial charge is 0.360 e. The zero-order valence-electron chi connectivity index (χ0n) is 28.5. The van der Waals surface area contributed by atoms with E-state index in [2.05, 4.69) is 151 Å². The Kier molecular flexibility index (Phi) is 8.49. The average molecular weight is 627 g/mol. The minimum absolute atomic E-state index is 0.253. The molecule has 1 atom stereocenters. The quantitative estimate of drug-likeness (QED) is 0.147. The molecular weight excluding hydrogens is 581 g/mol. The number of aromatic nitrogens is 1. The van der Waals surface area contributed by atoms with E-state index in [0.717, 1.165) is 25.9 Å². The maximum Gasteiger partial charge on any atom is 0.0736 e. The number of nitrogens with zero attached hydrogens (tertiary/aromatic N) is 2. The maximum absolute atomic E-state index is 2.65. The molecule has 2 aliphatic rings. The summed E-state index contributed by atoms with van der Waals surface area (Å²) in [6, 6.07) is 38.6. The molecule has 1 unspecified atom stereocenters. The first-order valence-corrected chi connectivity index (χ1v) is 18.2. The number of unbranched alkanes of at least 4 members (excludes halogenated alkanes) is 2. The van der Waals surface area contributed by atoms with E-state index < -0.39 is 0 Å². The van der Waals surface area contributed by atoms with Crippen molar-refractivity contribution in [1.82, 2.24) is 4.57 Å². The number of rotatable bonds is 10. The summed E-state index contributed by atoms with van der Waals surface area (Å²) in [4.78, 5) is 2.65. The lowest BCUT2D eigenvalue weighted by molar-refractivity contribution is 0.640. The molecule has 0 N–H and O–H groups in total. The molecule has 6 aromatic rings. The summed E-state index contributed by atoms with van der Waals surface area (Å²) in [5.74, 6) is 0. The Labute approximate surface area is 285 Å². The third-order valence-electron chi connectivity index (χ3n) is 10.6. The summed E-state index contributed by atoms with van der Waals surface area (Å²) in [7, 11) is 0. The number of aryl methyl sites for hydroxylation is 1. The zero-order chi connectivity index (χ0) is 32.5. The number of benzene rings is 5. The molecule has 8 rings (SSSR count). The second-order valence-electron chi connectivity index (χ2n) is 13.6. The van der Waals surface area contributed by atoms with Gasteiger partial charge in [0.05, 0.1) is 6.04 Å². The van der Waals surface area contributed by atoms with E-state index in [-0.39, 0.29) is 6.04 Å². The molecule has 0 saturated carbocycles. The van der Waals surface area contributed by atoms with Crippen LogP contribution in [0.5, 0.6) is 0 Å². The van der Waals surface area contributed by atoms with Crippen molar-refractivity contribution >= 4 is 49.8 Å². The van der Waals surface area contributed by atoms with Crippen LogP contribution in [0.2, 0.25) is 0 Å². The molecule has 0 spiro atoms. The lowest BCUT2D eigenvalue weighted by Gasteiger charge is -2.27. The molecule has 0 amide bonds. The highest BCUT2D eigenvalue weighted by molar-refractivity contribution is 6.10. The van der Waals surface area contributed by atoms with Gasteiger partial charge in [0, 0.05) is 45.8 Å².